The molecule has 5 rings (SSSR count). The van der Waals surface area contributed by atoms with Gasteiger partial charge in [0.05, 0.1) is 42.3 Å². The molecular weight excluding hydrogens is 568 g/mol. The predicted octanol–water partition coefficient (Wildman–Crippen LogP) is 3.59. The molecule has 230 valence electrons. The van der Waals surface area contributed by atoms with Crippen molar-refractivity contribution in [1.29, 1.82) is 0 Å². The lowest BCUT2D eigenvalue weighted by Crippen LogP contribution is -2.48. The highest BCUT2D eigenvalue weighted by molar-refractivity contribution is 7.18. The molecule has 11 heteroatoms. The molecule has 1 aromatic heterocycles. The molecule has 2 aliphatic rings. The van der Waals surface area contributed by atoms with E-state index >= 15 is 0 Å². The number of esters is 1. The van der Waals surface area contributed by atoms with Crippen molar-refractivity contribution in [3.8, 4) is 11.5 Å². The standard InChI is InChI=1S/C32H40N4O6S/c1-4-5-14-41-30(38)19-32(17-22-8-6-7-9-23(22)18-32)31(39)33-20-28-34-24-15-26(25(40-3)16-27(24)43-28)42-21-29(37)36-12-10-35(2)11-13-36/h6-9,15-16H,4-5,10-14,17-21H2,1-3H3,(H,33,39). The Bertz CT molecular complexity index is 1440. The molecule has 3 aromatic rings. The third-order valence-electron chi connectivity index (χ3n) is 8.23. The van der Waals surface area contributed by atoms with Crippen LogP contribution in [0, 0.1) is 5.41 Å². The van der Waals surface area contributed by atoms with E-state index in [1.807, 2.05) is 49.2 Å². The average molecular weight is 609 g/mol. The summed E-state index contributed by atoms with van der Waals surface area (Å²) in [6.45, 7) is 5.61. The van der Waals surface area contributed by atoms with Gasteiger partial charge in [0.1, 0.15) is 5.01 Å². The van der Waals surface area contributed by atoms with Crippen molar-refractivity contribution in [2.45, 2.75) is 45.6 Å². The number of rotatable bonds is 12. The molecule has 0 spiro atoms. The summed E-state index contributed by atoms with van der Waals surface area (Å²) >= 11 is 1.45. The van der Waals surface area contributed by atoms with Gasteiger partial charge in [-0.05, 0) is 37.4 Å². The van der Waals surface area contributed by atoms with Crippen LogP contribution in [0.4, 0.5) is 0 Å². The second kappa shape index (κ2) is 13.7. The number of aromatic nitrogens is 1. The number of amides is 2. The lowest BCUT2D eigenvalue weighted by Gasteiger charge is -2.32. The number of benzene rings is 2. The topological polar surface area (TPSA) is 110 Å². The monoisotopic (exact) mass is 608 g/mol. The summed E-state index contributed by atoms with van der Waals surface area (Å²) in [5, 5.41) is 3.77. The summed E-state index contributed by atoms with van der Waals surface area (Å²) in [7, 11) is 3.61. The Morgan fingerprint density at radius 2 is 1.77 bits per heavy atom. The fraction of sp³-hybridized carbons (Fsp3) is 0.500. The van der Waals surface area contributed by atoms with Gasteiger partial charge in [-0.3, -0.25) is 14.4 Å². The van der Waals surface area contributed by atoms with Gasteiger partial charge in [-0.1, -0.05) is 37.6 Å². The number of carbonyl (C=O) groups is 3. The number of hydrogen-bond donors (Lipinski definition) is 1. The molecule has 1 aliphatic heterocycles. The Kier molecular flexibility index (Phi) is 9.82. The third-order valence-corrected chi connectivity index (χ3v) is 9.24. The van der Waals surface area contributed by atoms with Gasteiger partial charge < -0.3 is 29.3 Å². The van der Waals surface area contributed by atoms with E-state index in [9.17, 15) is 14.4 Å². The number of carbonyl (C=O) groups excluding carboxylic acids is 3. The maximum absolute atomic E-state index is 13.7. The van der Waals surface area contributed by atoms with E-state index in [0.29, 0.717) is 54.6 Å². The van der Waals surface area contributed by atoms with Crippen LogP contribution >= 0.6 is 11.3 Å². The predicted molar refractivity (Wildman–Crippen MR) is 164 cm³/mol. The number of methoxy groups -OCH3 is 1. The fourth-order valence-electron chi connectivity index (χ4n) is 5.68. The number of likely N-dealkylation sites (N-methyl/N-ethyl adjacent to an activating group) is 1. The molecule has 0 radical (unpaired) electrons. The van der Waals surface area contributed by atoms with E-state index in [4.69, 9.17) is 19.2 Å². The molecule has 0 saturated carbocycles. The highest BCUT2D eigenvalue weighted by atomic mass is 32.1. The molecule has 2 amide bonds. The van der Waals surface area contributed by atoms with Crippen LogP contribution in [0.25, 0.3) is 10.2 Å². The molecular formula is C32H40N4O6S. The zero-order chi connectivity index (χ0) is 30.4. The van der Waals surface area contributed by atoms with Gasteiger partial charge in [0.25, 0.3) is 5.91 Å². The molecule has 2 aromatic carbocycles. The Labute approximate surface area is 256 Å². The summed E-state index contributed by atoms with van der Waals surface area (Å²) in [6, 6.07) is 11.6. The van der Waals surface area contributed by atoms with Gasteiger partial charge in [-0.2, -0.15) is 0 Å². The van der Waals surface area contributed by atoms with Crippen LogP contribution in [0.2, 0.25) is 0 Å². The van der Waals surface area contributed by atoms with E-state index < -0.39 is 5.41 Å². The lowest BCUT2D eigenvalue weighted by molar-refractivity contribution is -0.150. The van der Waals surface area contributed by atoms with Crippen LogP contribution in [0.15, 0.2) is 36.4 Å². The summed E-state index contributed by atoms with van der Waals surface area (Å²) in [4.78, 5) is 47.9. The first kappa shape index (κ1) is 30.7. The van der Waals surface area contributed by atoms with Gasteiger partial charge >= 0.3 is 5.97 Å². The van der Waals surface area contributed by atoms with Crippen molar-refractivity contribution in [3.05, 3.63) is 52.5 Å². The zero-order valence-electron chi connectivity index (χ0n) is 25.1. The van der Waals surface area contributed by atoms with Crippen molar-refractivity contribution >= 4 is 39.3 Å². The number of nitrogens with zero attached hydrogens (tertiary/aromatic N) is 3. The Morgan fingerprint density at radius 1 is 1.05 bits per heavy atom. The van der Waals surface area contributed by atoms with Crippen LogP contribution in [0.3, 0.4) is 0 Å². The van der Waals surface area contributed by atoms with Crippen LogP contribution in [-0.2, 0) is 38.5 Å². The molecule has 0 atom stereocenters. The summed E-state index contributed by atoms with van der Waals surface area (Å²) in [6.07, 6.45) is 2.74. The van der Waals surface area contributed by atoms with E-state index in [2.05, 4.69) is 10.2 Å². The maximum atomic E-state index is 13.7. The van der Waals surface area contributed by atoms with Crippen LogP contribution < -0.4 is 14.8 Å². The minimum absolute atomic E-state index is 0.0296. The van der Waals surface area contributed by atoms with Crippen molar-refractivity contribution in [1.82, 2.24) is 20.1 Å². The summed E-state index contributed by atoms with van der Waals surface area (Å²) in [5.41, 5.74) is 1.97. The number of thiazole rings is 1. The second-order valence-electron chi connectivity index (χ2n) is 11.4. The molecule has 1 N–H and O–H groups in total. The van der Waals surface area contributed by atoms with Crippen LogP contribution in [-0.4, -0.2) is 86.1 Å². The summed E-state index contributed by atoms with van der Waals surface area (Å²) in [5.74, 6) is 0.375. The minimum Gasteiger partial charge on any atom is -0.493 e. The number of unbranched alkanes of at least 4 members (excludes halogenated alkanes) is 1. The average Bonchev–Trinajstić information content (AvgIpc) is 3.59. The Hall–Kier alpha value is -3.70. The van der Waals surface area contributed by atoms with Gasteiger partial charge in [0.15, 0.2) is 18.1 Å². The fourth-order valence-corrected chi connectivity index (χ4v) is 6.60. The first-order valence-electron chi connectivity index (χ1n) is 14.9. The third kappa shape index (κ3) is 7.27. The van der Waals surface area contributed by atoms with Gasteiger partial charge in [0, 0.05) is 38.3 Å². The molecule has 1 saturated heterocycles. The molecule has 2 heterocycles. The zero-order valence-corrected chi connectivity index (χ0v) is 26.0. The van der Waals surface area contributed by atoms with Crippen molar-refractivity contribution in [2.24, 2.45) is 5.41 Å². The van der Waals surface area contributed by atoms with E-state index in [1.54, 1.807) is 13.2 Å². The smallest absolute Gasteiger partial charge is 0.306 e. The number of hydrogen-bond acceptors (Lipinski definition) is 9. The quantitative estimate of drug-likeness (QED) is 0.246. The SMILES string of the molecule is CCCCOC(=O)CC1(C(=O)NCc2nc3cc(OCC(=O)N4CCN(C)CC4)c(OC)cc3s2)Cc2ccccc2C1. The Morgan fingerprint density at radius 3 is 2.44 bits per heavy atom. The lowest BCUT2D eigenvalue weighted by atomic mass is 9.80. The maximum Gasteiger partial charge on any atom is 0.306 e. The first-order valence-corrected chi connectivity index (χ1v) is 15.7. The van der Waals surface area contributed by atoms with Crippen LogP contribution in [0.5, 0.6) is 11.5 Å². The molecule has 43 heavy (non-hydrogen) atoms. The number of nitrogens with one attached hydrogen (secondary N) is 1. The molecule has 1 fully saturated rings. The van der Waals surface area contributed by atoms with Gasteiger partial charge in [-0.15, -0.1) is 11.3 Å². The van der Waals surface area contributed by atoms with Crippen molar-refractivity contribution < 1.29 is 28.6 Å². The number of fused-ring (bicyclic) bond motifs is 2. The van der Waals surface area contributed by atoms with Gasteiger partial charge in [-0.25, -0.2) is 4.98 Å². The summed E-state index contributed by atoms with van der Waals surface area (Å²) < 4.78 is 17.8. The normalized spacial score (nSPS) is 16.1. The highest BCUT2D eigenvalue weighted by Crippen LogP contribution is 2.41. The van der Waals surface area contributed by atoms with Crippen LogP contribution in [0.1, 0.15) is 42.3 Å². The number of ether oxygens (including phenoxy) is 3. The second-order valence-corrected chi connectivity index (χ2v) is 12.5. The van der Waals surface area contributed by atoms with Crippen molar-refractivity contribution in [2.75, 3.05) is 53.6 Å². The first-order chi connectivity index (χ1) is 20.8. The molecule has 0 unspecified atom stereocenters. The molecule has 10 nitrogen and oxygen atoms in total. The minimum atomic E-state index is -0.899. The van der Waals surface area contributed by atoms with E-state index in [0.717, 1.165) is 41.8 Å². The van der Waals surface area contributed by atoms with Gasteiger partial charge in [0.2, 0.25) is 5.91 Å². The molecule has 0 bridgehead atoms. The Balaban J connectivity index is 1.25. The van der Waals surface area contributed by atoms with E-state index in [1.165, 1.54) is 11.3 Å². The highest BCUT2D eigenvalue weighted by Gasteiger charge is 2.45. The van der Waals surface area contributed by atoms with E-state index in [-0.39, 0.29) is 37.4 Å². The molecule has 1 aliphatic carbocycles. The number of piperazine rings is 1. The largest absolute Gasteiger partial charge is 0.493 e. The van der Waals surface area contributed by atoms with Crippen molar-refractivity contribution in [3.63, 3.8) is 0 Å².